The summed E-state index contributed by atoms with van der Waals surface area (Å²) in [6, 6.07) is 13.5. The van der Waals surface area contributed by atoms with E-state index in [1.807, 2.05) is 62.3 Å². The second-order valence-corrected chi connectivity index (χ2v) is 6.24. The van der Waals surface area contributed by atoms with Crippen LogP contribution in [0.25, 0.3) is 11.3 Å². The number of amides is 1. The van der Waals surface area contributed by atoms with Gasteiger partial charge in [-0.25, -0.2) is 0 Å². The Hall–Kier alpha value is -2.86. The highest BCUT2D eigenvalue weighted by Crippen LogP contribution is 2.19. The molecule has 1 amide bonds. The molecule has 1 aromatic carbocycles. The van der Waals surface area contributed by atoms with E-state index in [1.165, 1.54) is 5.56 Å². The summed E-state index contributed by atoms with van der Waals surface area (Å²) in [5, 5.41) is 9.97. The van der Waals surface area contributed by atoms with Crippen molar-refractivity contribution in [1.29, 1.82) is 0 Å². The highest BCUT2D eigenvalue weighted by Gasteiger charge is 2.19. The van der Waals surface area contributed by atoms with Gasteiger partial charge in [-0.05, 0) is 39.2 Å². The SMILES string of the molecule is Cc1ccc(-c2cc(C(=O)NCC(c3ccco3)N(C)C)[nH]n2)cc1. The molecule has 6 nitrogen and oxygen atoms in total. The van der Waals surface area contributed by atoms with Crippen LogP contribution in [0.3, 0.4) is 0 Å². The van der Waals surface area contributed by atoms with Crippen LogP contribution in [0, 0.1) is 6.92 Å². The van der Waals surface area contributed by atoms with Crippen molar-refractivity contribution in [2.75, 3.05) is 20.6 Å². The number of benzene rings is 1. The van der Waals surface area contributed by atoms with Crippen LogP contribution in [0.4, 0.5) is 0 Å². The second kappa shape index (κ2) is 7.36. The largest absolute Gasteiger partial charge is 0.468 e. The number of rotatable bonds is 6. The van der Waals surface area contributed by atoms with Gasteiger partial charge in [0.05, 0.1) is 18.0 Å². The lowest BCUT2D eigenvalue weighted by molar-refractivity contribution is 0.0934. The lowest BCUT2D eigenvalue weighted by Crippen LogP contribution is -2.34. The van der Waals surface area contributed by atoms with Gasteiger partial charge in [-0.15, -0.1) is 0 Å². The van der Waals surface area contributed by atoms with E-state index >= 15 is 0 Å². The number of aromatic amines is 1. The fraction of sp³-hybridized carbons (Fsp3) is 0.263. The van der Waals surface area contributed by atoms with Crippen LogP contribution in [0.2, 0.25) is 0 Å². The molecule has 25 heavy (non-hydrogen) atoms. The minimum Gasteiger partial charge on any atom is -0.468 e. The molecule has 0 aliphatic rings. The minimum absolute atomic E-state index is 0.0292. The first-order chi connectivity index (χ1) is 12.0. The Morgan fingerprint density at radius 3 is 2.68 bits per heavy atom. The molecular weight excluding hydrogens is 316 g/mol. The maximum absolute atomic E-state index is 12.4. The Morgan fingerprint density at radius 2 is 2.04 bits per heavy atom. The van der Waals surface area contributed by atoms with Crippen molar-refractivity contribution in [1.82, 2.24) is 20.4 Å². The number of nitrogens with one attached hydrogen (secondary N) is 2. The van der Waals surface area contributed by atoms with Crippen LogP contribution in [-0.2, 0) is 0 Å². The van der Waals surface area contributed by atoms with E-state index < -0.39 is 0 Å². The fourth-order valence-corrected chi connectivity index (χ4v) is 2.61. The molecule has 1 atom stereocenters. The summed E-state index contributed by atoms with van der Waals surface area (Å²) in [6.45, 7) is 2.48. The maximum atomic E-state index is 12.4. The van der Waals surface area contributed by atoms with Gasteiger partial charge in [0.2, 0.25) is 0 Å². The van der Waals surface area contributed by atoms with Crippen molar-refractivity contribution < 1.29 is 9.21 Å². The van der Waals surface area contributed by atoms with E-state index in [4.69, 9.17) is 4.42 Å². The summed E-state index contributed by atoms with van der Waals surface area (Å²) in [5.41, 5.74) is 3.35. The number of carbonyl (C=O) groups excluding carboxylic acids is 1. The van der Waals surface area contributed by atoms with Crippen molar-refractivity contribution in [2.24, 2.45) is 0 Å². The van der Waals surface area contributed by atoms with E-state index in [2.05, 4.69) is 15.5 Å². The number of hydrogen-bond donors (Lipinski definition) is 2. The normalized spacial score (nSPS) is 12.3. The Labute approximate surface area is 146 Å². The predicted molar refractivity (Wildman–Crippen MR) is 96.2 cm³/mol. The number of hydrogen-bond acceptors (Lipinski definition) is 4. The Morgan fingerprint density at radius 1 is 1.28 bits per heavy atom. The van der Waals surface area contributed by atoms with Crippen LogP contribution in [0.5, 0.6) is 0 Å². The van der Waals surface area contributed by atoms with E-state index in [0.29, 0.717) is 12.2 Å². The summed E-state index contributed by atoms with van der Waals surface area (Å²) >= 11 is 0. The van der Waals surface area contributed by atoms with Gasteiger partial charge >= 0.3 is 0 Å². The molecule has 2 heterocycles. The topological polar surface area (TPSA) is 74.2 Å². The molecule has 0 aliphatic carbocycles. The first kappa shape index (κ1) is 17.0. The molecular formula is C19H22N4O2. The van der Waals surface area contributed by atoms with Gasteiger partial charge in [0.15, 0.2) is 0 Å². The fourth-order valence-electron chi connectivity index (χ4n) is 2.61. The number of aromatic nitrogens is 2. The molecule has 0 saturated carbocycles. The molecule has 3 rings (SSSR count). The summed E-state index contributed by atoms with van der Waals surface area (Å²) < 4.78 is 5.45. The number of nitrogens with zero attached hydrogens (tertiary/aromatic N) is 2. The highest BCUT2D eigenvalue weighted by molar-refractivity contribution is 5.93. The van der Waals surface area contributed by atoms with Crippen molar-refractivity contribution in [3.8, 4) is 11.3 Å². The van der Waals surface area contributed by atoms with E-state index in [0.717, 1.165) is 17.0 Å². The Bertz CT molecular complexity index is 819. The molecule has 130 valence electrons. The van der Waals surface area contributed by atoms with Gasteiger partial charge < -0.3 is 9.73 Å². The molecule has 0 aliphatic heterocycles. The molecule has 3 aromatic rings. The second-order valence-electron chi connectivity index (χ2n) is 6.24. The molecule has 2 aromatic heterocycles. The van der Waals surface area contributed by atoms with Gasteiger partial charge in [0, 0.05) is 12.1 Å². The average molecular weight is 338 g/mol. The summed E-state index contributed by atoms with van der Waals surface area (Å²) in [6.07, 6.45) is 1.64. The van der Waals surface area contributed by atoms with Crippen LogP contribution in [0.1, 0.15) is 27.9 Å². The molecule has 1 unspecified atom stereocenters. The van der Waals surface area contributed by atoms with Crippen molar-refractivity contribution in [2.45, 2.75) is 13.0 Å². The smallest absolute Gasteiger partial charge is 0.269 e. The Balaban J connectivity index is 1.66. The third kappa shape index (κ3) is 3.97. The zero-order chi connectivity index (χ0) is 17.8. The van der Waals surface area contributed by atoms with Gasteiger partial charge in [-0.2, -0.15) is 5.10 Å². The zero-order valence-corrected chi connectivity index (χ0v) is 14.6. The first-order valence-electron chi connectivity index (χ1n) is 8.15. The van der Waals surface area contributed by atoms with Gasteiger partial charge in [0.25, 0.3) is 5.91 Å². The molecule has 0 spiro atoms. The average Bonchev–Trinajstić information content (AvgIpc) is 3.27. The summed E-state index contributed by atoms with van der Waals surface area (Å²) in [7, 11) is 3.90. The Kier molecular flexibility index (Phi) is 5.00. The lowest BCUT2D eigenvalue weighted by Gasteiger charge is -2.22. The van der Waals surface area contributed by atoms with Crippen LogP contribution in [0.15, 0.2) is 53.1 Å². The minimum atomic E-state index is -0.190. The van der Waals surface area contributed by atoms with Gasteiger partial charge in [-0.1, -0.05) is 29.8 Å². The third-order valence-electron chi connectivity index (χ3n) is 4.12. The number of carbonyl (C=O) groups is 1. The third-order valence-corrected chi connectivity index (χ3v) is 4.12. The number of furan rings is 1. The zero-order valence-electron chi connectivity index (χ0n) is 14.6. The summed E-state index contributed by atoms with van der Waals surface area (Å²) in [4.78, 5) is 14.4. The molecule has 0 radical (unpaired) electrons. The van der Waals surface area contributed by atoms with Crippen molar-refractivity contribution in [3.63, 3.8) is 0 Å². The molecule has 0 fully saturated rings. The van der Waals surface area contributed by atoms with Gasteiger partial charge in [-0.3, -0.25) is 14.8 Å². The molecule has 0 bridgehead atoms. The monoisotopic (exact) mass is 338 g/mol. The highest BCUT2D eigenvalue weighted by atomic mass is 16.3. The van der Waals surface area contributed by atoms with E-state index in [1.54, 1.807) is 12.3 Å². The predicted octanol–water partition coefficient (Wildman–Crippen LogP) is 3.01. The quantitative estimate of drug-likeness (QED) is 0.724. The maximum Gasteiger partial charge on any atom is 0.269 e. The van der Waals surface area contributed by atoms with Crippen LogP contribution < -0.4 is 5.32 Å². The number of aryl methyl sites for hydroxylation is 1. The van der Waals surface area contributed by atoms with Crippen LogP contribution in [-0.4, -0.2) is 41.6 Å². The summed E-state index contributed by atoms with van der Waals surface area (Å²) in [5.74, 6) is 0.625. The van der Waals surface area contributed by atoms with Crippen molar-refractivity contribution >= 4 is 5.91 Å². The van der Waals surface area contributed by atoms with E-state index in [9.17, 15) is 4.79 Å². The van der Waals surface area contributed by atoms with Gasteiger partial charge in [0.1, 0.15) is 11.5 Å². The van der Waals surface area contributed by atoms with Crippen LogP contribution >= 0.6 is 0 Å². The molecule has 2 N–H and O–H groups in total. The number of H-pyrrole nitrogens is 1. The van der Waals surface area contributed by atoms with E-state index in [-0.39, 0.29) is 11.9 Å². The first-order valence-corrected chi connectivity index (χ1v) is 8.15. The molecule has 0 saturated heterocycles. The number of likely N-dealkylation sites (N-methyl/N-ethyl adjacent to an activating group) is 1. The molecule has 6 heteroatoms. The van der Waals surface area contributed by atoms with Crippen molar-refractivity contribution in [3.05, 3.63) is 65.7 Å². The standard InChI is InChI=1S/C19H22N4O2/c1-13-6-8-14(9-7-13)15-11-16(22-21-15)19(24)20-12-17(23(2)3)18-5-4-10-25-18/h4-11,17H,12H2,1-3H3,(H,20,24)(H,21,22). The lowest BCUT2D eigenvalue weighted by atomic mass is 10.1.